The molecule has 0 N–H and O–H groups in total. The highest BCUT2D eigenvalue weighted by molar-refractivity contribution is 6.29. The quantitative estimate of drug-likeness (QED) is 0.740. The molecule has 0 unspecified atom stereocenters. The van der Waals surface area contributed by atoms with Crippen molar-refractivity contribution in [2.24, 2.45) is 0 Å². The SMILES string of the molecule is O=C1O[C@H]2COC[C@H]2N1c1cc(Cl)nc(N2CCOCC2)n1. The molecule has 4 rings (SSSR count). The third-order valence-corrected chi connectivity index (χ3v) is 4.18. The molecule has 118 valence electrons. The van der Waals surface area contributed by atoms with E-state index in [1.54, 1.807) is 6.07 Å². The first-order valence-corrected chi connectivity index (χ1v) is 7.55. The van der Waals surface area contributed by atoms with E-state index < -0.39 is 6.09 Å². The van der Waals surface area contributed by atoms with E-state index in [-0.39, 0.29) is 12.1 Å². The van der Waals surface area contributed by atoms with Gasteiger partial charge in [-0.1, -0.05) is 11.6 Å². The summed E-state index contributed by atoms with van der Waals surface area (Å²) >= 11 is 6.12. The van der Waals surface area contributed by atoms with E-state index in [1.165, 1.54) is 4.90 Å². The fourth-order valence-electron chi connectivity index (χ4n) is 2.88. The molecule has 0 spiro atoms. The van der Waals surface area contributed by atoms with Crippen molar-refractivity contribution in [3.05, 3.63) is 11.2 Å². The molecule has 1 aromatic rings. The topological polar surface area (TPSA) is 77.0 Å². The van der Waals surface area contributed by atoms with Gasteiger partial charge in [-0.15, -0.1) is 0 Å². The summed E-state index contributed by atoms with van der Waals surface area (Å²) < 4.78 is 16.0. The Morgan fingerprint density at radius 1 is 1.18 bits per heavy atom. The maximum atomic E-state index is 12.1. The van der Waals surface area contributed by atoms with Crippen LogP contribution < -0.4 is 9.80 Å². The molecule has 0 bridgehead atoms. The molecule has 0 radical (unpaired) electrons. The molecule has 22 heavy (non-hydrogen) atoms. The van der Waals surface area contributed by atoms with Crippen LogP contribution in [-0.2, 0) is 14.2 Å². The number of aromatic nitrogens is 2. The fourth-order valence-corrected chi connectivity index (χ4v) is 3.06. The molecule has 4 heterocycles. The Labute approximate surface area is 131 Å². The highest BCUT2D eigenvalue weighted by atomic mass is 35.5. The lowest BCUT2D eigenvalue weighted by atomic mass is 10.2. The normalized spacial score (nSPS) is 28.0. The van der Waals surface area contributed by atoms with Crippen LogP contribution >= 0.6 is 11.6 Å². The molecule has 1 aromatic heterocycles. The van der Waals surface area contributed by atoms with Gasteiger partial charge in [-0.05, 0) is 0 Å². The van der Waals surface area contributed by atoms with E-state index >= 15 is 0 Å². The molecule has 2 atom stereocenters. The number of carbonyl (C=O) groups is 1. The predicted octanol–water partition coefficient (Wildman–Crippen LogP) is 0.691. The number of amides is 1. The third-order valence-electron chi connectivity index (χ3n) is 3.99. The molecule has 3 aliphatic heterocycles. The van der Waals surface area contributed by atoms with Crippen molar-refractivity contribution < 1.29 is 19.0 Å². The minimum Gasteiger partial charge on any atom is -0.441 e. The summed E-state index contributed by atoms with van der Waals surface area (Å²) in [4.78, 5) is 24.3. The van der Waals surface area contributed by atoms with Crippen molar-refractivity contribution in [2.45, 2.75) is 12.1 Å². The predicted molar refractivity (Wildman–Crippen MR) is 77.4 cm³/mol. The highest BCUT2D eigenvalue weighted by Crippen LogP contribution is 2.31. The Morgan fingerprint density at radius 2 is 2.00 bits per heavy atom. The van der Waals surface area contributed by atoms with Gasteiger partial charge in [0.1, 0.15) is 17.0 Å². The first-order chi connectivity index (χ1) is 10.7. The Bertz CT molecular complexity index is 595. The lowest BCUT2D eigenvalue weighted by molar-refractivity contribution is 0.103. The van der Waals surface area contributed by atoms with E-state index in [4.69, 9.17) is 25.8 Å². The molecule has 0 saturated carbocycles. The third kappa shape index (κ3) is 2.37. The van der Waals surface area contributed by atoms with E-state index in [0.717, 1.165) is 0 Å². The van der Waals surface area contributed by atoms with E-state index in [0.29, 0.717) is 56.4 Å². The van der Waals surface area contributed by atoms with Gasteiger partial charge in [0.05, 0.1) is 26.4 Å². The smallest absolute Gasteiger partial charge is 0.416 e. The number of anilines is 2. The van der Waals surface area contributed by atoms with Crippen molar-refractivity contribution in [1.29, 1.82) is 0 Å². The van der Waals surface area contributed by atoms with E-state index in [1.807, 2.05) is 4.90 Å². The summed E-state index contributed by atoms with van der Waals surface area (Å²) in [6.45, 7) is 3.48. The van der Waals surface area contributed by atoms with Crippen LogP contribution in [0.15, 0.2) is 6.07 Å². The zero-order valence-corrected chi connectivity index (χ0v) is 12.5. The number of carbonyl (C=O) groups excluding carboxylic acids is 1. The Morgan fingerprint density at radius 3 is 2.82 bits per heavy atom. The van der Waals surface area contributed by atoms with Gasteiger partial charge in [0.25, 0.3) is 0 Å². The Hall–Kier alpha value is -1.64. The van der Waals surface area contributed by atoms with Crippen molar-refractivity contribution in [1.82, 2.24) is 9.97 Å². The molecule has 0 aliphatic carbocycles. The minimum absolute atomic E-state index is 0.156. The van der Waals surface area contributed by atoms with Crippen molar-refractivity contribution in [2.75, 3.05) is 49.3 Å². The summed E-state index contributed by atoms with van der Waals surface area (Å²) in [5, 5.41) is 0.293. The van der Waals surface area contributed by atoms with Gasteiger partial charge in [-0.2, -0.15) is 4.98 Å². The second-order valence-electron chi connectivity index (χ2n) is 5.35. The molecule has 0 aromatic carbocycles. The summed E-state index contributed by atoms with van der Waals surface area (Å²) in [5.74, 6) is 0.949. The largest absolute Gasteiger partial charge is 0.441 e. The van der Waals surface area contributed by atoms with Gasteiger partial charge < -0.3 is 19.1 Å². The number of ether oxygens (including phenoxy) is 3. The number of hydrogen-bond donors (Lipinski definition) is 0. The summed E-state index contributed by atoms with van der Waals surface area (Å²) in [7, 11) is 0. The average Bonchev–Trinajstić information content (AvgIpc) is 3.07. The lowest BCUT2D eigenvalue weighted by Gasteiger charge is -2.28. The van der Waals surface area contributed by atoms with Crippen LogP contribution in [0.5, 0.6) is 0 Å². The molecule has 8 nitrogen and oxygen atoms in total. The summed E-state index contributed by atoms with van der Waals surface area (Å²) in [6, 6.07) is 1.42. The number of morpholine rings is 1. The first-order valence-electron chi connectivity index (χ1n) is 7.17. The molecular formula is C13H15ClN4O4. The molecular weight excluding hydrogens is 312 g/mol. The van der Waals surface area contributed by atoms with Crippen LogP contribution in [0.25, 0.3) is 0 Å². The van der Waals surface area contributed by atoms with Crippen LogP contribution in [-0.4, -0.2) is 67.7 Å². The first kappa shape index (κ1) is 14.0. The van der Waals surface area contributed by atoms with Crippen LogP contribution in [0.3, 0.4) is 0 Å². The van der Waals surface area contributed by atoms with Gasteiger partial charge in [-0.25, -0.2) is 9.78 Å². The van der Waals surface area contributed by atoms with Gasteiger partial charge in [0.2, 0.25) is 5.95 Å². The number of fused-ring (bicyclic) bond motifs is 1. The second-order valence-corrected chi connectivity index (χ2v) is 5.73. The van der Waals surface area contributed by atoms with Gasteiger partial charge in [0, 0.05) is 19.2 Å². The van der Waals surface area contributed by atoms with Crippen LogP contribution in [0.4, 0.5) is 16.6 Å². The standard InChI is InChI=1S/C13H15ClN4O4/c14-10-5-11(16-12(15-10)17-1-3-20-4-2-17)18-8-6-21-7-9(8)22-13(18)19/h5,8-9H,1-4,6-7H2/t8-,9+/m1/s1. The van der Waals surface area contributed by atoms with Crippen molar-refractivity contribution >= 4 is 29.5 Å². The number of halogens is 1. The summed E-state index contributed by atoms with van der Waals surface area (Å²) in [5.41, 5.74) is 0. The van der Waals surface area contributed by atoms with E-state index in [2.05, 4.69) is 9.97 Å². The fraction of sp³-hybridized carbons (Fsp3) is 0.615. The van der Waals surface area contributed by atoms with Crippen LogP contribution in [0.1, 0.15) is 0 Å². The van der Waals surface area contributed by atoms with Crippen molar-refractivity contribution in [3.8, 4) is 0 Å². The molecule has 3 fully saturated rings. The van der Waals surface area contributed by atoms with E-state index in [9.17, 15) is 4.79 Å². The van der Waals surface area contributed by atoms with Crippen molar-refractivity contribution in [3.63, 3.8) is 0 Å². The Kier molecular flexibility index (Phi) is 3.51. The number of hydrogen-bond acceptors (Lipinski definition) is 7. The highest BCUT2D eigenvalue weighted by Gasteiger charge is 2.47. The maximum Gasteiger partial charge on any atom is 0.416 e. The minimum atomic E-state index is -0.416. The monoisotopic (exact) mass is 326 g/mol. The van der Waals surface area contributed by atoms with Gasteiger partial charge >= 0.3 is 6.09 Å². The molecule has 3 saturated heterocycles. The molecule has 1 amide bonds. The molecule has 9 heteroatoms. The van der Waals surface area contributed by atoms with Gasteiger partial charge in [0.15, 0.2) is 6.10 Å². The lowest BCUT2D eigenvalue weighted by Crippen LogP contribution is -2.39. The van der Waals surface area contributed by atoms with Crippen LogP contribution in [0, 0.1) is 0 Å². The number of nitrogens with zero attached hydrogens (tertiary/aromatic N) is 4. The molecule has 3 aliphatic rings. The maximum absolute atomic E-state index is 12.1. The van der Waals surface area contributed by atoms with Crippen LogP contribution in [0.2, 0.25) is 5.15 Å². The zero-order chi connectivity index (χ0) is 15.1. The van der Waals surface area contributed by atoms with Gasteiger partial charge in [-0.3, -0.25) is 4.90 Å². The summed E-state index contributed by atoms with van der Waals surface area (Å²) in [6.07, 6.45) is -0.658. The Balaban J connectivity index is 1.66. The zero-order valence-electron chi connectivity index (χ0n) is 11.8. The second kappa shape index (κ2) is 5.53. The number of rotatable bonds is 2. The average molecular weight is 327 g/mol.